The van der Waals surface area contributed by atoms with E-state index in [1.165, 1.54) is 4.68 Å². The van der Waals surface area contributed by atoms with E-state index < -0.39 is 0 Å². The molecule has 0 spiro atoms. The number of benzene rings is 1. The highest BCUT2D eigenvalue weighted by molar-refractivity contribution is 6.32. The lowest BCUT2D eigenvalue weighted by atomic mass is 10.2. The first-order valence-electron chi connectivity index (χ1n) is 8.39. The van der Waals surface area contributed by atoms with Gasteiger partial charge in [-0.2, -0.15) is 10.2 Å². The van der Waals surface area contributed by atoms with E-state index in [-0.39, 0.29) is 18.3 Å². The van der Waals surface area contributed by atoms with Gasteiger partial charge >= 0.3 is 0 Å². The predicted octanol–water partition coefficient (Wildman–Crippen LogP) is 3.32. The van der Waals surface area contributed by atoms with Crippen molar-refractivity contribution in [1.29, 1.82) is 0 Å². The summed E-state index contributed by atoms with van der Waals surface area (Å²) >= 11 is 6.11. The van der Waals surface area contributed by atoms with E-state index in [0.717, 1.165) is 5.56 Å². The smallest absolute Gasteiger partial charge is 0.276 e. The minimum absolute atomic E-state index is 0.142. The molecule has 27 heavy (non-hydrogen) atoms. The average Bonchev–Trinajstić information content (AvgIpc) is 3.30. The summed E-state index contributed by atoms with van der Waals surface area (Å²) in [5, 5.41) is 11.6. The van der Waals surface area contributed by atoms with Crippen molar-refractivity contribution in [2.24, 2.45) is 0 Å². The summed E-state index contributed by atoms with van der Waals surface area (Å²) < 4.78 is 14.0. The summed E-state index contributed by atoms with van der Waals surface area (Å²) in [4.78, 5) is 12.3. The Labute approximate surface area is 161 Å². The molecule has 0 saturated heterocycles. The van der Waals surface area contributed by atoms with Crippen molar-refractivity contribution >= 4 is 23.2 Å². The Morgan fingerprint density at radius 1 is 1.26 bits per heavy atom. The third-order valence-corrected chi connectivity index (χ3v) is 3.94. The van der Waals surface area contributed by atoms with E-state index in [0.29, 0.717) is 29.8 Å². The lowest BCUT2D eigenvalue weighted by Crippen LogP contribution is -2.14. The van der Waals surface area contributed by atoms with Crippen LogP contribution in [0.15, 0.2) is 42.9 Å². The van der Waals surface area contributed by atoms with E-state index >= 15 is 0 Å². The zero-order valence-corrected chi connectivity index (χ0v) is 15.8. The van der Waals surface area contributed by atoms with Gasteiger partial charge < -0.3 is 14.8 Å². The molecule has 0 aliphatic rings. The second kappa shape index (κ2) is 8.70. The van der Waals surface area contributed by atoms with Crippen LogP contribution in [0.3, 0.4) is 0 Å². The van der Waals surface area contributed by atoms with E-state index in [1.807, 2.05) is 26.0 Å². The Morgan fingerprint density at radius 2 is 2.11 bits per heavy atom. The molecule has 2 aromatic heterocycles. The highest BCUT2D eigenvalue weighted by atomic mass is 35.5. The number of nitrogens with one attached hydrogen (secondary N) is 1. The second-order valence-corrected chi connectivity index (χ2v) is 6.20. The molecule has 9 heteroatoms. The van der Waals surface area contributed by atoms with Gasteiger partial charge in [0.1, 0.15) is 12.5 Å². The van der Waals surface area contributed by atoms with Crippen LogP contribution in [0.1, 0.15) is 23.0 Å². The van der Waals surface area contributed by atoms with Crippen LogP contribution >= 0.6 is 11.6 Å². The zero-order valence-electron chi connectivity index (χ0n) is 15.1. The van der Waals surface area contributed by atoms with Crippen LogP contribution in [0.5, 0.6) is 5.75 Å². The third-order valence-electron chi connectivity index (χ3n) is 3.63. The molecule has 0 aliphatic heterocycles. The Bertz CT molecular complexity index is 921. The van der Waals surface area contributed by atoms with Crippen LogP contribution in [0.25, 0.3) is 0 Å². The van der Waals surface area contributed by atoms with Crippen molar-refractivity contribution in [1.82, 2.24) is 19.6 Å². The molecule has 0 atom stereocenters. The fourth-order valence-electron chi connectivity index (χ4n) is 2.29. The molecule has 0 aliphatic carbocycles. The fourth-order valence-corrected chi connectivity index (χ4v) is 2.46. The first kappa shape index (κ1) is 18.9. The number of anilines is 1. The summed E-state index contributed by atoms with van der Waals surface area (Å²) in [7, 11) is 0. The minimum Gasteiger partial charge on any atom is -0.470 e. The van der Waals surface area contributed by atoms with E-state index in [1.54, 1.807) is 35.4 Å². The van der Waals surface area contributed by atoms with E-state index in [2.05, 4.69) is 15.5 Å². The highest BCUT2D eigenvalue weighted by Gasteiger charge is 2.11. The van der Waals surface area contributed by atoms with Crippen molar-refractivity contribution in [3.63, 3.8) is 0 Å². The molecule has 0 radical (unpaired) electrons. The van der Waals surface area contributed by atoms with Crippen LogP contribution in [0.2, 0.25) is 5.02 Å². The number of ether oxygens (including phenoxy) is 2. The maximum Gasteiger partial charge on any atom is 0.276 e. The molecule has 1 amide bonds. The first-order chi connectivity index (χ1) is 13.0. The molecule has 1 N–H and O–H groups in total. The van der Waals surface area contributed by atoms with Crippen LogP contribution in [0, 0.1) is 6.92 Å². The maximum atomic E-state index is 12.3. The zero-order chi connectivity index (χ0) is 19.2. The largest absolute Gasteiger partial charge is 0.470 e. The van der Waals surface area contributed by atoms with Gasteiger partial charge in [0.15, 0.2) is 12.4 Å². The van der Waals surface area contributed by atoms with Crippen LogP contribution in [-0.2, 0) is 18.2 Å². The Balaban J connectivity index is 1.57. The van der Waals surface area contributed by atoms with Crippen molar-refractivity contribution < 1.29 is 14.3 Å². The molecular weight excluding hydrogens is 370 g/mol. The molecule has 0 saturated carbocycles. The van der Waals surface area contributed by atoms with E-state index in [4.69, 9.17) is 21.1 Å². The quantitative estimate of drug-likeness (QED) is 0.639. The first-order valence-corrected chi connectivity index (χ1v) is 8.77. The van der Waals surface area contributed by atoms with Crippen molar-refractivity contribution in [2.45, 2.75) is 27.3 Å². The lowest BCUT2D eigenvalue weighted by Gasteiger charge is -2.08. The molecule has 142 valence electrons. The predicted molar refractivity (Wildman–Crippen MR) is 101 cm³/mol. The molecule has 2 heterocycles. The van der Waals surface area contributed by atoms with Gasteiger partial charge in [-0.3, -0.25) is 4.79 Å². The number of carbonyl (C=O) groups is 1. The third kappa shape index (κ3) is 5.08. The number of nitrogens with zero attached hydrogens (tertiary/aromatic N) is 4. The molecule has 0 fully saturated rings. The molecule has 1 aromatic carbocycles. The lowest BCUT2D eigenvalue weighted by molar-refractivity contribution is 0.0792. The van der Waals surface area contributed by atoms with Crippen molar-refractivity contribution in [2.75, 3.05) is 11.9 Å². The topological polar surface area (TPSA) is 83.2 Å². The van der Waals surface area contributed by atoms with E-state index in [9.17, 15) is 4.79 Å². The maximum absolute atomic E-state index is 12.3. The van der Waals surface area contributed by atoms with Gasteiger partial charge in [0.2, 0.25) is 0 Å². The molecule has 8 nitrogen and oxygen atoms in total. The Morgan fingerprint density at radius 3 is 2.93 bits per heavy atom. The van der Waals surface area contributed by atoms with Gasteiger partial charge in [-0.15, -0.1) is 0 Å². The highest BCUT2D eigenvalue weighted by Crippen LogP contribution is 2.25. The summed E-state index contributed by atoms with van der Waals surface area (Å²) in [6.45, 7) is 4.92. The van der Waals surface area contributed by atoms with Gasteiger partial charge in [-0.05, 0) is 37.6 Å². The SMILES string of the molecule is CCOCn1cc(NC(=O)c2ccn(COc3cc(C)ccc3Cl)n2)cn1. The van der Waals surface area contributed by atoms with Crippen molar-refractivity contribution in [3.8, 4) is 5.75 Å². The monoisotopic (exact) mass is 389 g/mol. The summed E-state index contributed by atoms with van der Waals surface area (Å²) in [5.74, 6) is 0.234. The summed E-state index contributed by atoms with van der Waals surface area (Å²) in [6, 6.07) is 7.14. The number of amides is 1. The number of hydrogen-bond donors (Lipinski definition) is 1. The summed E-state index contributed by atoms with van der Waals surface area (Å²) in [6.07, 6.45) is 4.90. The normalized spacial score (nSPS) is 10.8. The number of aromatic nitrogens is 4. The fraction of sp³-hybridized carbons (Fsp3) is 0.278. The van der Waals surface area contributed by atoms with Gasteiger partial charge in [0, 0.05) is 12.8 Å². The molecule has 3 aromatic rings. The molecule has 3 rings (SSSR count). The van der Waals surface area contributed by atoms with Gasteiger partial charge in [0.25, 0.3) is 5.91 Å². The molecular formula is C18H20ClN5O3. The van der Waals surface area contributed by atoms with Crippen molar-refractivity contribution in [3.05, 3.63) is 59.1 Å². The number of aryl methyl sites for hydroxylation is 1. The van der Waals surface area contributed by atoms with Crippen LogP contribution in [-0.4, -0.2) is 32.1 Å². The van der Waals surface area contributed by atoms with Gasteiger partial charge in [-0.1, -0.05) is 17.7 Å². The Hall–Kier alpha value is -2.84. The van der Waals surface area contributed by atoms with Gasteiger partial charge in [-0.25, -0.2) is 9.36 Å². The Kier molecular flexibility index (Phi) is 6.10. The average molecular weight is 390 g/mol. The number of carbonyl (C=O) groups excluding carboxylic acids is 1. The molecule has 0 bridgehead atoms. The number of hydrogen-bond acceptors (Lipinski definition) is 5. The standard InChI is InChI=1S/C18H20ClN5O3/c1-3-26-11-24-10-14(9-20-24)21-18(25)16-6-7-23(22-16)12-27-17-8-13(2)4-5-15(17)19/h4-10H,3,11-12H2,1-2H3,(H,21,25). The second-order valence-electron chi connectivity index (χ2n) is 5.79. The number of rotatable bonds is 8. The van der Waals surface area contributed by atoms with Gasteiger partial charge in [0.05, 0.1) is 23.1 Å². The summed E-state index contributed by atoms with van der Waals surface area (Å²) in [5.41, 5.74) is 1.88. The molecule has 0 unspecified atom stereocenters. The number of halogens is 1. The van der Waals surface area contributed by atoms with Crippen LogP contribution < -0.4 is 10.1 Å². The van der Waals surface area contributed by atoms with Crippen LogP contribution in [0.4, 0.5) is 5.69 Å². The minimum atomic E-state index is -0.335.